The molecule has 1 amide bonds. The molecule has 86 valence electrons. The Labute approximate surface area is 90.0 Å². The first-order chi connectivity index (χ1) is 7.23. The summed E-state index contributed by atoms with van der Waals surface area (Å²) in [5.41, 5.74) is 0.0306. The van der Waals surface area contributed by atoms with Crippen LogP contribution >= 0.6 is 0 Å². The van der Waals surface area contributed by atoms with Gasteiger partial charge in [0.25, 0.3) is 0 Å². The summed E-state index contributed by atoms with van der Waals surface area (Å²) in [7, 11) is 0. The largest absolute Gasteiger partial charge is 0.465 e. The first-order valence-electron chi connectivity index (χ1n) is 5.84. The van der Waals surface area contributed by atoms with Crippen molar-refractivity contribution in [2.45, 2.75) is 44.1 Å². The van der Waals surface area contributed by atoms with Crippen LogP contribution in [0, 0.1) is 5.92 Å². The van der Waals surface area contributed by atoms with Gasteiger partial charge in [-0.1, -0.05) is 19.3 Å². The van der Waals surface area contributed by atoms with Crippen molar-refractivity contribution in [2.24, 2.45) is 5.92 Å². The highest BCUT2D eigenvalue weighted by Crippen LogP contribution is 2.45. The predicted octanol–water partition coefficient (Wildman–Crippen LogP) is 1.99. The quantitative estimate of drug-likeness (QED) is 0.702. The van der Waals surface area contributed by atoms with E-state index in [9.17, 15) is 4.79 Å². The van der Waals surface area contributed by atoms with Crippen molar-refractivity contribution in [1.29, 1.82) is 0 Å². The maximum atomic E-state index is 10.3. The highest BCUT2D eigenvalue weighted by Gasteiger charge is 2.50. The lowest BCUT2D eigenvalue weighted by Gasteiger charge is -2.27. The first-order valence-corrected chi connectivity index (χ1v) is 5.84. The van der Waals surface area contributed by atoms with E-state index in [4.69, 9.17) is 9.84 Å². The van der Waals surface area contributed by atoms with Crippen LogP contribution in [0.4, 0.5) is 4.79 Å². The van der Waals surface area contributed by atoms with E-state index < -0.39 is 6.09 Å². The van der Waals surface area contributed by atoms with Gasteiger partial charge in [-0.25, -0.2) is 4.79 Å². The normalized spacial score (nSPS) is 31.2. The summed E-state index contributed by atoms with van der Waals surface area (Å²) in [6, 6.07) is 0. The van der Waals surface area contributed by atoms with E-state index >= 15 is 0 Å². The highest BCUT2D eigenvalue weighted by atomic mass is 16.6. The second kappa shape index (κ2) is 4.39. The van der Waals surface area contributed by atoms with Gasteiger partial charge in [0.2, 0.25) is 0 Å². The Hall–Kier alpha value is -0.770. The van der Waals surface area contributed by atoms with Gasteiger partial charge in [0.15, 0.2) is 0 Å². The van der Waals surface area contributed by atoms with Crippen molar-refractivity contribution in [3.63, 3.8) is 0 Å². The Kier molecular flexibility index (Phi) is 3.14. The number of carbonyl (C=O) groups is 1. The molecule has 0 aromatic rings. The molecule has 1 aliphatic carbocycles. The number of rotatable bonds is 4. The second-order valence-corrected chi connectivity index (χ2v) is 4.67. The van der Waals surface area contributed by atoms with Crippen LogP contribution < -0.4 is 5.32 Å². The maximum absolute atomic E-state index is 10.3. The average molecular weight is 213 g/mol. The summed E-state index contributed by atoms with van der Waals surface area (Å²) in [5, 5.41) is 10.9. The van der Waals surface area contributed by atoms with Crippen molar-refractivity contribution >= 4 is 6.09 Å². The van der Waals surface area contributed by atoms with E-state index in [0.29, 0.717) is 12.5 Å². The zero-order chi connectivity index (χ0) is 10.7. The predicted molar refractivity (Wildman–Crippen MR) is 55.9 cm³/mol. The van der Waals surface area contributed by atoms with Crippen molar-refractivity contribution < 1.29 is 14.6 Å². The van der Waals surface area contributed by atoms with Gasteiger partial charge in [0.1, 0.15) is 0 Å². The van der Waals surface area contributed by atoms with E-state index in [0.717, 1.165) is 13.0 Å². The summed E-state index contributed by atoms with van der Waals surface area (Å²) < 4.78 is 5.58. The molecule has 4 heteroatoms. The zero-order valence-electron chi connectivity index (χ0n) is 9.00. The molecule has 0 bridgehead atoms. The van der Waals surface area contributed by atoms with Gasteiger partial charge in [-0.2, -0.15) is 0 Å². The number of ether oxygens (including phenoxy) is 1. The van der Waals surface area contributed by atoms with E-state index in [-0.39, 0.29) is 5.60 Å². The number of amides is 1. The molecular weight excluding hydrogens is 194 g/mol. The molecule has 1 aliphatic heterocycles. The van der Waals surface area contributed by atoms with Crippen LogP contribution in [0.5, 0.6) is 0 Å². The van der Waals surface area contributed by atoms with Gasteiger partial charge < -0.3 is 15.2 Å². The molecule has 1 saturated carbocycles. The van der Waals surface area contributed by atoms with E-state index in [1.165, 1.54) is 32.1 Å². The molecule has 0 unspecified atom stereocenters. The monoisotopic (exact) mass is 213 g/mol. The van der Waals surface area contributed by atoms with Crippen LogP contribution in [0.2, 0.25) is 0 Å². The SMILES string of the molecule is O=C(O)NCC[C@]1(C2CCCCC2)CO1. The molecule has 15 heavy (non-hydrogen) atoms. The summed E-state index contributed by atoms with van der Waals surface area (Å²) in [6.07, 6.45) is 6.38. The van der Waals surface area contributed by atoms with Crippen LogP contribution in [0.3, 0.4) is 0 Å². The number of hydrogen-bond donors (Lipinski definition) is 2. The number of hydrogen-bond acceptors (Lipinski definition) is 2. The average Bonchev–Trinajstić information content (AvgIpc) is 3.00. The molecule has 4 nitrogen and oxygen atoms in total. The number of nitrogens with one attached hydrogen (secondary N) is 1. The molecule has 1 atom stereocenters. The van der Waals surface area contributed by atoms with Crippen molar-refractivity contribution in [3.05, 3.63) is 0 Å². The van der Waals surface area contributed by atoms with Crippen molar-refractivity contribution in [3.8, 4) is 0 Å². The van der Waals surface area contributed by atoms with Crippen LogP contribution in [0.25, 0.3) is 0 Å². The first kappa shape index (κ1) is 10.7. The third kappa shape index (κ3) is 2.62. The molecule has 1 saturated heterocycles. The standard InChI is InChI=1S/C11H19NO3/c13-10(14)12-7-6-11(8-15-11)9-4-2-1-3-5-9/h9,12H,1-8H2,(H,13,14)/t11-/m1/s1. The Balaban J connectivity index is 1.76. The smallest absolute Gasteiger partial charge is 0.404 e. The van der Waals surface area contributed by atoms with Crippen LogP contribution in [-0.4, -0.2) is 30.0 Å². The topological polar surface area (TPSA) is 61.9 Å². The van der Waals surface area contributed by atoms with E-state index in [1.807, 2.05) is 0 Å². The second-order valence-electron chi connectivity index (χ2n) is 4.67. The summed E-state index contributed by atoms with van der Waals surface area (Å²) in [4.78, 5) is 10.3. The molecule has 0 aromatic carbocycles. The van der Waals surface area contributed by atoms with Gasteiger partial charge >= 0.3 is 6.09 Å². The van der Waals surface area contributed by atoms with Gasteiger partial charge in [0.05, 0.1) is 12.2 Å². The van der Waals surface area contributed by atoms with Crippen LogP contribution in [0.15, 0.2) is 0 Å². The highest BCUT2D eigenvalue weighted by molar-refractivity contribution is 5.64. The summed E-state index contributed by atoms with van der Waals surface area (Å²) >= 11 is 0. The fourth-order valence-electron chi connectivity index (χ4n) is 2.69. The number of epoxide rings is 1. The van der Waals surface area contributed by atoms with Crippen molar-refractivity contribution in [2.75, 3.05) is 13.2 Å². The minimum absolute atomic E-state index is 0.0306. The lowest BCUT2D eigenvalue weighted by molar-refractivity contribution is 0.159. The summed E-state index contributed by atoms with van der Waals surface area (Å²) in [6.45, 7) is 1.35. The third-order valence-corrected chi connectivity index (χ3v) is 3.69. The van der Waals surface area contributed by atoms with Crippen LogP contribution in [-0.2, 0) is 4.74 Å². The molecule has 0 aromatic heterocycles. The molecule has 2 N–H and O–H groups in total. The third-order valence-electron chi connectivity index (χ3n) is 3.69. The molecule has 2 aliphatic rings. The molecule has 1 heterocycles. The Bertz CT molecular complexity index is 232. The van der Waals surface area contributed by atoms with E-state index in [2.05, 4.69) is 5.32 Å². The Morgan fingerprint density at radius 1 is 1.40 bits per heavy atom. The lowest BCUT2D eigenvalue weighted by atomic mass is 9.78. The van der Waals surface area contributed by atoms with Gasteiger partial charge in [-0.05, 0) is 25.2 Å². The molecular formula is C11H19NO3. The minimum atomic E-state index is -0.936. The van der Waals surface area contributed by atoms with Crippen molar-refractivity contribution in [1.82, 2.24) is 5.32 Å². The van der Waals surface area contributed by atoms with Crippen LogP contribution in [0.1, 0.15) is 38.5 Å². The van der Waals surface area contributed by atoms with Gasteiger partial charge in [-0.15, -0.1) is 0 Å². The molecule has 0 radical (unpaired) electrons. The molecule has 0 spiro atoms. The van der Waals surface area contributed by atoms with E-state index in [1.54, 1.807) is 0 Å². The maximum Gasteiger partial charge on any atom is 0.404 e. The Morgan fingerprint density at radius 3 is 2.60 bits per heavy atom. The lowest BCUT2D eigenvalue weighted by Crippen LogP contribution is -2.32. The van der Waals surface area contributed by atoms with Gasteiger partial charge in [0, 0.05) is 6.54 Å². The zero-order valence-corrected chi connectivity index (χ0v) is 9.00. The fourth-order valence-corrected chi connectivity index (χ4v) is 2.69. The summed E-state index contributed by atoms with van der Waals surface area (Å²) in [5.74, 6) is 0.668. The van der Waals surface area contributed by atoms with Gasteiger partial charge in [-0.3, -0.25) is 0 Å². The Morgan fingerprint density at radius 2 is 2.07 bits per heavy atom. The fraction of sp³-hybridized carbons (Fsp3) is 0.909. The number of carboxylic acid groups (broad SMARTS) is 1. The minimum Gasteiger partial charge on any atom is -0.465 e. The molecule has 2 rings (SSSR count). The molecule has 2 fully saturated rings.